The fourth-order valence-corrected chi connectivity index (χ4v) is 9.29. The third kappa shape index (κ3) is 3.50. The number of carbonyl (C=O) groups is 3. The average molecular weight is 445 g/mol. The van der Waals surface area contributed by atoms with Crippen LogP contribution >= 0.6 is 0 Å². The molecule has 0 aromatic carbocycles. The molecule has 4 aliphatic rings. The van der Waals surface area contributed by atoms with Crippen LogP contribution in [-0.2, 0) is 19.1 Å². The van der Waals surface area contributed by atoms with Crippen LogP contribution in [0.15, 0.2) is 0 Å². The van der Waals surface area contributed by atoms with Crippen LogP contribution in [0.2, 0.25) is 0 Å². The maximum Gasteiger partial charge on any atom is 0.305 e. The monoisotopic (exact) mass is 444 g/mol. The molecule has 4 saturated carbocycles. The van der Waals surface area contributed by atoms with Crippen LogP contribution in [0.25, 0.3) is 0 Å². The Labute approximate surface area is 194 Å². The number of Topliss-reactive ketones (excluding diaryl/α,β-unsaturated/α-hetero) is 2. The predicted molar refractivity (Wildman–Crippen MR) is 125 cm³/mol. The van der Waals surface area contributed by atoms with E-state index in [2.05, 4.69) is 34.6 Å². The van der Waals surface area contributed by atoms with E-state index in [0.717, 1.165) is 38.5 Å². The molecule has 4 rings (SSSR count). The summed E-state index contributed by atoms with van der Waals surface area (Å²) in [6.07, 6.45) is 8.26. The third-order valence-corrected chi connectivity index (χ3v) is 10.9. The topological polar surface area (TPSA) is 60.4 Å². The average Bonchev–Trinajstić information content (AvgIpc) is 3.09. The van der Waals surface area contributed by atoms with Crippen molar-refractivity contribution in [2.75, 3.05) is 7.11 Å². The molecule has 10 atom stereocenters. The van der Waals surface area contributed by atoms with Gasteiger partial charge in [0, 0.05) is 30.6 Å². The summed E-state index contributed by atoms with van der Waals surface area (Å²) in [6.45, 7) is 11.4. The molecule has 4 heteroatoms. The van der Waals surface area contributed by atoms with E-state index in [1.807, 2.05) is 0 Å². The highest BCUT2D eigenvalue weighted by molar-refractivity contribution is 5.95. The van der Waals surface area contributed by atoms with Gasteiger partial charge in [-0.3, -0.25) is 14.4 Å². The minimum Gasteiger partial charge on any atom is -0.469 e. The Morgan fingerprint density at radius 1 is 1.12 bits per heavy atom. The Kier molecular flexibility index (Phi) is 6.40. The Balaban J connectivity index is 1.65. The molecule has 0 bridgehead atoms. The number of ether oxygens (including phenoxy) is 1. The first kappa shape index (κ1) is 24.0. The number of carbonyl (C=O) groups excluding carboxylic acids is 3. The number of rotatable bonds is 5. The lowest BCUT2D eigenvalue weighted by atomic mass is 9.41. The van der Waals surface area contributed by atoms with Gasteiger partial charge in [-0.05, 0) is 78.9 Å². The van der Waals surface area contributed by atoms with Crippen LogP contribution in [0.3, 0.4) is 0 Å². The van der Waals surface area contributed by atoms with E-state index >= 15 is 0 Å². The van der Waals surface area contributed by atoms with Gasteiger partial charge < -0.3 is 4.74 Å². The first-order valence-corrected chi connectivity index (χ1v) is 13.2. The summed E-state index contributed by atoms with van der Waals surface area (Å²) >= 11 is 0. The van der Waals surface area contributed by atoms with E-state index in [-0.39, 0.29) is 34.6 Å². The van der Waals surface area contributed by atoms with Crippen molar-refractivity contribution in [3.05, 3.63) is 0 Å². The number of fused-ring (bicyclic) bond motifs is 5. The zero-order chi connectivity index (χ0) is 23.4. The van der Waals surface area contributed by atoms with Crippen molar-refractivity contribution < 1.29 is 19.1 Å². The minimum atomic E-state index is -0.157. The second-order valence-electron chi connectivity index (χ2n) is 12.4. The van der Waals surface area contributed by atoms with E-state index in [1.165, 1.54) is 13.5 Å². The van der Waals surface area contributed by atoms with E-state index in [1.54, 1.807) is 0 Å². The van der Waals surface area contributed by atoms with Gasteiger partial charge in [0.2, 0.25) is 0 Å². The van der Waals surface area contributed by atoms with Crippen molar-refractivity contribution in [1.29, 1.82) is 0 Å². The highest BCUT2D eigenvalue weighted by Crippen LogP contribution is 2.68. The first-order valence-electron chi connectivity index (χ1n) is 13.2. The zero-order valence-corrected chi connectivity index (χ0v) is 21.1. The second kappa shape index (κ2) is 8.55. The van der Waals surface area contributed by atoms with Crippen LogP contribution in [-0.4, -0.2) is 24.6 Å². The van der Waals surface area contributed by atoms with Gasteiger partial charge in [-0.2, -0.15) is 0 Å². The highest BCUT2D eigenvalue weighted by atomic mass is 16.5. The van der Waals surface area contributed by atoms with Gasteiger partial charge in [-0.25, -0.2) is 0 Å². The lowest BCUT2D eigenvalue weighted by Gasteiger charge is -2.61. The summed E-state index contributed by atoms with van der Waals surface area (Å²) in [5.41, 5.74) is -0.133. The predicted octanol–water partition coefficient (Wildman–Crippen LogP) is 5.86. The molecule has 3 unspecified atom stereocenters. The maximum atomic E-state index is 14.0. The van der Waals surface area contributed by atoms with Crippen molar-refractivity contribution in [2.45, 2.75) is 92.4 Å². The van der Waals surface area contributed by atoms with Gasteiger partial charge >= 0.3 is 5.97 Å². The van der Waals surface area contributed by atoms with Gasteiger partial charge in [-0.1, -0.05) is 41.0 Å². The van der Waals surface area contributed by atoms with Crippen LogP contribution in [0.5, 0.6) is 0 Å². The largest absolute Gasteiger partial charge is 0.469 e. The van der Waals surface area contributed by atoms with E-state index in [0.29, 0.717) is 54.0 Å². The number of esters is 1. The van der Waals surface area contributed by atoms with Crippen LogP contribution in [0, 0.1) is 58.2 Å². The SMILES string of the molecule is CC[C@H]1C(=O)C2C3CC[C@H]([C@H](C)CCC(=O)OC)[C@@]3(C)CC(=O)C2[C@@]2(C)CC[C@@H](C)C[C@@H]12. The standard InChI is InChI=1S/C28H44O4/c1-7-18-21-14-16(2)12-13-27(21,4)25-22(29)15-28(5)19(17(3)8-11-23(30)32-6)9-10-20(28)24(25)26(18)31/h16-21,24-25H,7-15H2,1-6H3/t16-,17-,18-,19-,20?,21+,24?,25?,27+,28-/m1/s1. The zero-order valence-electron chi connectivity index (χ0n) is 21.1. The molecule has 0 amide bonds. The summed E-state index contributed by atoms with van der Waals surface area (Å²) in [5.74, 6) is 2.68. The molecule has 0 aromatic rings. The molecule has 4 nitrogen and oxygen atoms in total. The molecule has 4 aliphatic carbocycles. The molecule has 0 spiro atoms. The smallest absolute Gasteiger partial charge is 0.305 e. The van der Waals surface area contributed by atoms with Gasteiger partial charge in [0.15, 0.2) is 0 Å². The van der Waals surface area contributed by atoms with Gasteiger partial charge in [-0.15, -0.1) is 0 Å². The Bertz CT molecular complexity index is 773. The lowest BCUT2D eigenvalue weighted by Crippen LogP contribution is -2.63. The Hall–Kier alpha value is -1.19. The molecular weight excluding hydrogens is 400 g/mol. The van der Waals surface area contributed by atoms with Gasteiger partial charge in [0.1, 0.15) is 11.6 Å². The van der Waals surface area contributed by atoms with Crippen molar-refractivity contribution in [3.63, 3.8) is 0 Å². The van der Waals surface area contributed by atoms with Crippen LogP contribution in [0.4, 0.5) is 0 Å². The number of ketones is 2. The number of hydrogen-bond donors (Lipinski definition) is 0. The van der Waals surface area contributed by atoms with Crippen molar-refractivity contribution >= 4 is 17.5 Å². The van der Waals surface area contributed by atoms with Gasteiger partial charge in [0.05, 0.1) is 7.11 Å². The summed E-state index contributed by atoms with van der Waals surface area (Å²) < 4.78 is 4.85. The molecule has 32 heavy (non-hydrogen) atoms. The fraction of sp³-hybridized carbons (Fsp3) is 0.893. The first-order chi connectivity index (χ1) is 15.1. The minimum absolute atomic E-state index is 0.0151. The summed E-state index contributed by atoms with van der Waals surface area (Å²) in [4.78, 5) is 39.7. The molecule has 0 aromatic heterocycles. The molecule has 0 heterocycles. The van der Waals surface area contributed by atoms with Crippen LogP contribution in [0.1, 0.15) is 92.4 Å². The summed E-state index contributed by atoms with van der Waals surface area (Å²) in [6, 6.07) is 0. The Morgan fingerprint density at radius 2 is 1.84 bits per heavy atom. The molecular formula is C28H44O4. The number of methoxy groups -OCH3 is 1. The highest BCUT2D eigenvalue weighted by Gasteiger charge is 2.67. The Morgan fingerprint density at radius 3 is 2.50 bits per heavy atom. The normalized spacial score (nSPS) is 46.8. The molecule has 180 valence electrons. The number of hydrogen-bond acceptors (Lipinski definition) is 4. The third-order valence-electron chi connectivity index (χ3n) is 10.9. The second-order valence-corrected chi connectivity index (χ2v) is 12.4. The molecule has 4 fully saturated rings. The maximum absolute atomic E-state index is 14.0. The summed E-state index contributed by atoms with van der Waals surface area (Å²) in [5, 5.41) is 0. The van der Waals surface area contributed by atoms with Crippen molar-refractivity contribution in [2.24, 2.45) is 58.2 Å². The van der Waals surface area contributed by atoms with E-state index < -0.39 is 0 Å². The van der Waals surface area contributed by atoms with Gasteiger partial charge in [0.25, 0.3) is 0 Å². The fourth-order valence-electron chi connectivity index (χ4n) is 9.29. The van der Waals surface area contributed by atoms with Crippen LogP contribution < -0.4 is 0 Å². The molecule has 0 N–H and O–H groups in total. The van der Waals surface area contributed by atoms with E-state index in [4.69, 9.17) is 4.74 Å². The quantitative estimate of drug-likeness (QED) is 0.498. The van der Waals surface area contributed by atoms with E-state index in [9.17, 15) is 14.4 Å². The molecule has 0 radical (unpaired) electrons. The molecule has 0 saturated heterocycles. The van der Waals surface area contributed by atoms with Crippen molar-refractivity contribution in [1.82, 2.24) is 0 Å². The van der Waals surface area contributed by atoms with Crippen molar-refractivity contribution in [3.8, 4) is 0 Å². The summed E-state index contributed by atoms with van der Waals surface area (Å²) in [7, 11) is 1.44. The lowest BCUT2D eigenvalue weighted by molar-refractivity contribution is -0.177. The molecule has 0 aliphatic heterocycles.